The molecule has 1 aliphatic heterocycles. The van der Waals surface area contributed by atoms with Crippen LogP contribution in [0.2, 0.25) is 0 Å². The monoisotopic (exact) mass is 423 g/mol. The zero-order chi connectivity index (χ0) is 21.9. The number of methoxy groups -OCH3 is 1. The SMILES string of the molecule is CCNC(=NCc1ccc(NCCOC)cc1)NC1CC(C)N(Cc2ccccc2)C1. The summed E-state index contributed by atoms with van der Waals surface area (Å²) in [6, 6.07) is 20.1. The van der Waals surface area contributed by atoms with Crippen LogP contribution in [0.1, 0.15) is 31.4 Å². The molecular formula is C25H37N5O. The summed E-state index contributed by atoms with van der Waals surface area (Å²) in [6.45, 7) is 9.47. The van der Waals surface area contributed by atoms with Gasteiger partial charge in [-0.1, -0.05) is 42.5 Å². The molecule has 3 N–H and O–H groups in total. The number of rotatable bonds is 10. The van der Waals surface area contributed by atoms with Gasteiger partial charge in [-0.2, -0.15) is 0 Å². The zero-order valence-electron chi connectivity index (χ0n) is 19.1. The highest BCUT2D eigenvalue weighted by Gasteiger charge is 2.29. The Bertz CT molecular complexity index is 793. The van der Waals surface area contributed by atoms with Crippen LogP contribution < -0.4 is 16.0 Å². The van der Waals surface area contributed by atoms with Crippen molar-refractivity contribution in [2.24, 2.45) is 4.99 Å². The van der Waals surface area contributed by atoms with Crippen LogP contribution in [0.15, 0.2) is 59.6 Å². The molecule has 2 unspecified atom stereocenters. The Hall–Kier alpha value is -2.57. The molecule has 6 nitrogen and oxygen atoms in total. The van der Waals surface area contributed by atoms with Gasteiger partial charge < -0.3 is 20.7 Å². The summed E-state index contributed by atoms with van der Waals surface area (Å²) in [4.78, 5) is 7.37. The van der Waals surface area contributed by atoms with Crippen molar-refractivity contribution in [3.05, 3.63) is 65.7 Å². The first kappa shape index (κ1) is 23.1. The number of nitrogens with zero attached hydrogens (tertiary/aromatic N) is 2. The number of guanidine groups is 1. The van der Waals surface area contributed by atoms with E-state index < -0.39 is 0 Å². The number of benzene rings is 2. The quantitative estimate of drug-likeness (QED) is 0.310. The van der Waals surface area contributed by atoms with Gasteiger partial charge in [-0.05, 0) is 43.5 Å². The fourth-order valence-electron chi connectivity index (χ4n) is 3.95. The van der Waals surface area contributed by atoms with Gasteiger partial charge in [0.1, 0.15) is 0 Å². The van der Waals surface area contributed by atoms with Crippen molar-refractivity contribution < 1.29 is 4.74 Å². The Morgan fingerprint density at radius 2 is 1.87 bits per heavy atom. The van der Waals surface area contributed by atoms with Crippen LogP contribution in [-0.2, 0) is 17.8 Å². The van der Waals surface area contributed by atoms with Gasteiger partial charge in [-0.15, -0.1) is 0 Å². The maximum atomic E-state index is 5.08. The van der Waals surface area contributed by atoms with Crippen LogP contribution in [-0.4, -0.2) is 56.3 Å². The van der Waals surface area contributed by atoms with Gasteiger partial charge >= 0.3 is 0 Å². The maximum Gasteiger partial charge on any atom is 0.191 e. The van der Waals surface area contributed by atoms with Crippen molar-refractivity contribution >= 4 is 11.6 Å². The van der Waals surface area contributed by atoms with Crippen molar-refractivity contribution in [2.75, 3.05) is 38.7 Å². The van der Waals surface area contributed by atoms with Gasteiger partial charge in [0.05, 0.1) is 13.2 Å². The molecule has 168 valence electrons. The molecule has 2 aromatic carbocycles. The smallest absolute Gasteiger partial charge is 0.191 e. The van der Waals surface area contributed by atoms with Crippen molar-refractivity contribution in [3.63, 3.8) is 0 Å². The molecule has 1 aliphatic rings. The van der Waals surface area contributed by atoms with Crippen molar-refractivity contribution in [1.29, 1.82) is 0 Å². The summed E-state index contributed by atoms with van der Waals surface area (Å²) < 4.78 is 5.08. The summed E-state index contributed by atoms with van der Waals surface area (Å²) in [5.74, 6) is 0.892. The van der Waals surface area contributed by atoms with E-state index in [1.807, 2.05) is 0 Å². The first-order valence-corrected chi connectivity index (χ1v) is 11.3. The molecule has 2 atom stereocenters. The van der Waals surface area contributed by atoms with E-state index >= 15 is 0 Å². The molecule has 1 fully saturated rings. The molecule has 0 saturated carbocycles. The highest BCUT2D eigenvalue weighted by Crippen LogP contribution is 2.20. The van der Waals surface area contributed by atoms with Crippen LogP contribution >= 0.6 is 0 Å². The van der Waals surface area contributed by atoms with Crippen LogP contribution in [0.4, 0.5) is 5.69 Å². The molecule has 0 aliphatic carbocycles. The predicted molar refractivity (Wildman–Crippen MR) is 129 cm³/mol. The van der Waals surface area contributed by atoms with E-state index in [0.29, 0.717) is 25.2 Å². The van der Waals surface area contributed by atoms with Gasteiger partial charge in [0, 0.05) is 51.1 Å². The number of ether oxygens (including phenoxy) is 1. The van der Waals surface area contributed by atoms with Gasteiger partial charge in [0.15, 0.2) is 5.96 Å². The summed E-state index contributed by atoms with van der Waals surface area (Å²) in [5.41, 5.74) is 3.67. The number of aliphatic imine (C=N–C) groups is 1. The highest BCUT2D eigenvalue weighted by molar-refractivity contribution is 5.80. The molecule has 1 heterocycles. The number of likely N-dealkylation sites (tertiary alicyclic amines) is 1. The molecular weight excluding hydrogens is 386 g/mol. The van der Waals surface area contributed by atoms with E-state index in [1.54, 1.807) is 7.11 Å². The molecule has 6 heteroatoms. The van der Waals surface area contributed by atoms with Crippen LogP contribution in [0.25, 0.3) is 0 Å². The molecule has 2 aromatic rings. The predicted octanol–water partition coefficient (Wildman–Crippen LogP) is 3.46. The molecule has 1 saturated heterocycles. The Labute approximate surface area is 187 Å². The molecule has 31 heavy (non-hydrogen) atoms. The van der Waals surface area contributed by atoms with Crippen molar-refractivity contribution in [3.8, 4) is 0 Å². The van der Waals surface area contributed by atoms with Gasteiger partial charge in [-0.25, -0.2) is 4.99 Å². The van der Waals surface area contributed by atoms with Gasteiger partial charge in [0.2, 0.25) is 0 Å². The van der Waals surface area contributed by atoms with E-state index in [9.17, 15) is 0 Å². The minimum atomic E-state index is 0.406. The summed E-state index contributed by atoms with van der Waals surface area (Å²) in [6.07, 6.45) is 1.12. The fourth-order valence-corrected chi connectivity index (χ4v) is 3.95. The third kappa shape index (κ3) is 7.56. The van der Waals surface area contributed by atoms with Crippen molar-refractivity contribution in [1.82, 2.24) is 15.5 Å². The minimum absolute atomic E-state index is 0.406. The molecule has 3 rings (SSSR count). The third-order valence-electron chi connectivity index (χ3n) is 5.63. The van der Waals surface area contributed by atoms with E-state index in [2.05, 4.69) is 89.3 Å². The second-order valence-corrected chi connectivity index (χ2v) is 8.15. The van der Waals surface area contributed by atoms with Crippen LogP contribution in [0.3, 0.4) is 0 Å². The van der Waals surface area contributed by atoms with Gasteiger partial charge in [0.25, 0.3) is 0 Å². The lowest BCUT2D eigenvalue weighted by atomic mass is 10.2. The Kier molecular flexibility index (Phi) is 9.18. The van der Waals surface area contributed by atoms with Crippen LogP contribution in [0.5, 0.6) is 0 Å². The number of hydrogen-bond donors (Lipinski definition) is 3. The van der Waals surface area contributed by atoms with E-state index in [1.165, 1.54) is 11.1 Å². The summed E-state index contributed by atoms with van der Waals surface area (Å²) >= 11 is 0. The lowest BCUT2D eigenvalue weighted by Gasteiger charge is -2.21. The average Bonchev–Trinajstić information content (AvgIpc) is 3.12. The lowest BCUT2D eigenvalue weighted by Crippen LogP contribution is -2.44. The Balaban J connectivity index is 1.52. The van der Waals surface area contributed by atoms with E-state index in [0.717, 1.165) is 44.2 Å². The third-order valence-corrected chi connectivity index (χ3v) is 5.63. The molecule has 0 spiro atoms. The normalized spacial score (nSPS) is 19.4. The summed E-state index contributed by atoms with van der Waals surface area (Å²) in [7, 11) is 1.71. The fraction of sp³-hybridized carbons (Fsp3) is 0.480. The highest BCUT2D eigenvalue weighted by atomic mass is 16.5. The molecule has 0 bridgehead atoms. The number of anilines is 1. The van der Waals surface area contributed by atoms with Crippen LogP contribution in [0, 0.1) is 0 Å². The number of hydrogen-bond acceptors (Lipinski definition) is 4. The first-order valence-electron chi connectivity index (χ1n) is 11.3. The largest absolute Gasteiger partial charge is 0.383 e. The summed E-state index contributed by atoms with van der Waals surface area (Å²) in [5, 5.41) is 10.4. The van der Waals surface area contributed by atoms with Crippen molar-refractivity contribution in [2.45, 2.75) is 45.4 Å². The standard InChI is InChI=1S/C25H37N5O/c1-4-26-25(28-17-21-10-12-23(13-11-21)27-14-15-31-3)29-24-16-20(2)30(19-24)18-22-8-6-5-7-9-22/h5-13,20,24,27H,4,14-19H2,1-3H3,(H2,26,28,29). The average molecular weight is 424 g/mol. The maximum absolute atomic E-state index is 5.08. The molecule has 0 aromatic heterocycles. The zero-order valence-corrected chi connectivity index (χ0v) is 19.1. The van der Waals surface area contributed by atoms with E-state index in [4.69, 9.17) is 9.73 Å². The second-order valence-electron chi connectivity index (χ2n) is 8.15. The Morgan fingerprint density at radius 3 is 2.58 bits per heavy atom. The van der Waals surface area contributed by atoms with E-state index in [-0.39, 0.29) is 0 Å². The second kappa shape index (κ2) is 12.3. The topological polar surface area (TPSA) is 60.9 Å². The molecule has 0 amide bonds. The van der Waals surface area contributed by atoms with Gasteiger partial charge in [-0.3, -0.25) is 4.90 Å². The lowest BCUT2D eigenvalue weighted by molar-refractivity contribution is 0.211. The number of nitrogens with one attached hydrogen (secondary N) is 3. The first-order chi connectivity index (χ1) is 15.2. The minimum Gasteiger partial charge on any atom is -0.383 e. The molecule has 0 radical (unpaired) electrons. The Morgan fingerprint density at radius 1 is 1.10 bits per heavy atom.